The predicted molar refractivity (Wildman–Crippen MR) is 78.3 cm³/mol. The first-order valence-corrected chi connectivity index (χ1v) is 7.73. The van der Waals surface area contributed by atoms with Gasteiger partial charge in [0.15, 0.2) is 0 Å². The molecule has 0 fully saturated rings. The molecule has 0 radical (unpaired) electrons. The molecule has 0 aromatic carbocycles. The van der Waals surface area contributed by atoms with Gasteiger partial charge in [0.1, 0.15) is 0 Å². The summed E-state index contributed by atoms with van der Waals surface area (Å²) in [6.45, 7) is 6.90. The third kappa shape index (κ3) is 4.69. The van der Waals surface area contributed by atoms with E-state index in [-0.39, 0.29) is 0 Å². The second-order valence-electron chi connectivity index (χ2n) is 5.33. The van der Waals surface area contributed by atoms with Crippen molar-refractivity contribution in [1.82, 2.24) is 0 Å². The monoisotopic (exact) mass is 234 g/mol. The highest BCUT2D eigenvalue weighted by molar-refractivity contribution is 5.42. The Morgan fingerprint density at radius 2 is 1.41 bits per heavy atom. The topological polar surface area (TPSA) is 0 Å². The molecule has 0 aromatic heterocycles. The summed E-state index contributed by atoms with van der Waals surface area (Å²) in [6, 6.07) is 0. The van der Waals surface area contributed by atoms with Crippen LogP contribution in [0.25, 0.3) is 0 Å². The maximum atomic E-state index is 2.52. The molecule has 98 valence electrons. The molecule has 0 spiro atoms. The van der Waals surface area contributed by atoms with Crippen LogP contribution in [0.3, 0.4) is 0 Å². The molecule has 0 bridgehead atoms. The minimum atomic E-state index is 1.26. The van der Waals surface area contributed by atoms with Gasteiger partial charge in [-0.2, -0.15) is 0 Å². The van der Waals surface area contributed by atoms with Gasteiger partial charge in [-0.15, -0.1) is 0 Å². The van der Waals surface area contributed by atoms with Gasteiger partial charge >= 0.3 is 0 Å². The zero-order chi connectivity index (χ0) is 12.5. The van der Waals surface area contributed by atoms with Gasteiger partial charge in [-0.1, -0.05) is 51.7 Å². The van der Waals surface area contributed by atoms with Crippen molar-refractivity contribution in [1.29, 1.82) is 0 Å². The van der Waals surface area contributed by atoms with Crippen LogP contribution in [0.1, 0.15) is 85.0 Å². The van der Waals surface area contributed by atoms with Crippen LogP contribution in [-0.4, -0.2) is 0 Å². The Balaban J connectivity index is 2.60. The summed E-state index contributed by atoms with van der Waals surface area (Å²) in [7, 11) is 0. The summed E-state index contributed by atoms with van der Waals surface area (Å²) in [6.07, 6.45) is 15.9. The molecule has 0 aromatic rings. The van der Waals surface area contributed by atoms with E-state index < -0.39 is 0 Å². The van der Waals surface area contributed by atoms with Crippen LogP contribution in [0.2, 0.25) is 0 Å². The lowest BCUT2D eigenvalue weighted by Crippen LogP contribution is -1.92. The van der Waals surface area contributed by atoms with Crippen molar-refractivity contribution in [3.8, 4) is 0 Å². The minimum Gasteiger partial charge on any atom is -0.0770 e. The molecular weight excluding hydrogens is 204 g/mol. The summed E-state index contributed by atoms with van der Waals surface area (Å²) in [5.74, 6) is 0. The van der Waals surface area contributed by atoms with E-state index in [4.69, 9.17) is 0 Å². The Labute approximate surface area is 108 Å². The summed E-state index contributed by atoms with van der Waals surface area (Å²) in [5.41, 5.74) is 5.23. The average molecular weight is 234 g/mol. The zero-order valence-electron chi connectivity index (χ0n) is 12.1. The molecule has 0 saturated carbocycles. The van der Waals surface area contributed by atoms with Crippen LogP contribution in [0.15, 0.2) is 22.8 Å². The number of rotatable bonds is 9. The van der Waals surface area contributed by atoms with E-state index in [2.05, 4.69) is 26.8 Å². The van der Waals surface area contributed by atoms with Gasteiger partial charge in [-0.05, 0) is 56.1 Å². The highest BCUT2D eigenvalue weighted by atomic mass is 14.2. The molecular formula is C17H30. The van der Waals surface area contributed by atoms with E-state index in [1.807, 2.05) is 0 Å². The van der Waals surface area contributed by atoms with E-state index >= 15 is 0 Å². The summed E-state index contributed by atoms with van der Waals surface area (Å²) in [5, 5.41) is 0. The van der Waals surface area contributed by atoms with Crippen molar-refractivity contribution in [2.75, 3.05) is 0 Å². The van der Waals surface area contributed by atoms with Gasteiger partial charge in [-0.25, -0.2) is 0 Å². The first-order valence-electron chi connectivity index (χ1n) is 7.73. The van der Waals surface area contributed by atoms with Crippen molar-refractivity contribution >= 4 is 0 Å². The third-order valence-corrected chi connectivity index (χ3v) is 3.82. The Kier molecular flexibility index (Phi) is 7.32. The number of unbranched alkanes of at least 4 members (excludes halogenated alkanes) is 3. The van der Waals surface area contributed by atoms with Gasteiger partial charge in [0.2, 0.25) is 0 Å². The van der Waals surface area contributed by atoms with Crippen LogP contribution < -0.4 is 0 Å². The lowest BCUT2D eigenvalue weighted by molar-refractivity contribution is 0.734. The lowest BCUT2D eigenvalue weighted by Gasteiger charge is -2.11. The molecule has 0 atom stereocenters. The smallest absolute Gasteiger partial charge is 0.0127 e. The largest absolute Gasteiger partial charge is 0.0770 e. The van der Waals surface area contributed by atoms with Crippen LogP contribution in [0, 0.1) is 0 Å². The number of hydrogen-bond donors (Lipinski definition) is 0. The first kappa shape index (κ1) is 14.5. The van der Waals surface area contributed by atoms with Gasteiger partial charge in [0.25, 0.3) is 0 Å². The molecule has 0 amide bonds. The molecule has 0 nitrogen and oxygen atoms in total. The predicted octanol–water partition coefficient (Wildman–Crippen LogP) is 6.18. The normalized spacial score (nSPS) is 15.6. The molecule has 1 aliphatic rings. The first-order chi connectivity index (χ1) is 8.33. The second kappa shape index (κ2) is 8.55. The Morgan fingerprint density at radius 3 is 2.06 bits per heavy atom. The summed E-state index contributed by atoms with van der Waals surface area (Å²) >= 11 is 0. The molecule has 0 heterocycles. The molecule has 17 heavy (non-hydrogen) atoms. The molecule has 0 saturated heterocycles. The maximum absolute atomic E-state index is 2.52. The standard InChI is InChI=1S/C17H30/c1-4-7-10-15-13-14-16(11-8-5-2)17(15)12-9-6-3/h13H,4-12,14H2,1-3H3. The molecule has 0 N–H and O–H groups in total. The molecule has 0 aliphatic heterocycles. The summed E-state index contributed by atoms with van der Waals surface area (Å²) in [4.78, 5) is 0. The Morgan fingerprint density at radius 1 is 0.824 bits per heavy atom. The fourth-order valence-corrected chi connectivity index (χ4v) is 2.67. The highest BCUT2D eigenvalue weighted by Crippen LogP contribution is 2.35. The van der Waals surface area contributed by atoms with E-state index in [1.54, 1.807) is 16.7 Å². The summed E-state index contributed by atoms with van der Waals surface area (Å²) < 4.78 is 0. The van der Waals surface area contributed by atoms with Crippen LogP contribution in [-0.2, 0) is 0 Å². The Hall–Kier alpha value is -0.520. The lowest BCUT2D eigenvalue weighted by atomic mass is 9.94. The number of allylic oxidation sites excluding steroid dienone is 4. The van der Waals surface area contributed by atoms with Crippen molar-refractivity contribution in [3.63, 3.8) is 0 Å². The van der Waals surface area contributed by atoms with Gasteiger partial charge < -0.3 is 0 Å². The average Bonchev–Trinajstić information content (AvgIpc) is 2.73. The van der Waals surface area contributed by atoms with Crippen LogP contribution in [0.5, 0.6) is 0 Å². The van der Waals surface area contributed by atoms with E-state index in [0.717, 1.165) is 0 Å². The molecule has 1 rings (SSSR count). The van der Waals surface area contributed by atoms with Gasteiger partial charge in [-0.3, -0.25) is 0 Å². The fourth-order valence-electron chi connectivity index (χ4n) is 2.67. The van der Waals surface area contributed by atoms with Crippen molar-refractivity contribution in [2.24, 2.45) is 0 Å². The minimum absolute atomic E-state index is 1.26. The van der Waals surface area contributed by atoms with Gasteiger partial charge in [0, 0.05) is 0 Å². The molecule has 0 unspecified atom stereocenters. The van der Waals surface area contributed by atoms with Crippen molar-refractivity contribution < 1.29 is 0 Å². The molecule has 1 aliphatic carbocycles. The zero-order valence-corrected chi connectivity index (χ0v) is 12.1. The van der Waals surface area contributed by atoms with E-state index in [9.17, 15) is 0 Å². The van der Waals surface area contributed by atoms with Gasteiger partial charge in [0.05, 0.1) is 0 Å². The maximum Gasteiger partial charge on any atom is -0.0127 e. The van der Waals surface area contributed by atoms with Crippen molar-refractivity contribution in [3.05, 3.63) is 22.8 Å². The SMILES string of the molecule is CCCCC1=CCC(CCCC)=C1CCCC. The van der Waals surface area contributed by atoms with E-state index in [1.165, 1.54) is 64.2 Å². The number of hydrogen-bond acceptors (Lipinski definition) is 0. The highest BCUT2D eigenvalue weighted by Gasteiger charge is 2.16. The van der Waals surface area contributed by atoms with Crippen molar-refractivity contribution in [2.45, 2.75) is 85.0 Å². The molecule has 0 heteroatoms. The second-order valence-corrected chi connectivity index (χ2v) is 5.33. The fraction of sp³-hybridized carbons (Fsp3) is 0.765. The van der Waals surface area contributed by atoms with E-state index in [0.29, 0.717) is 0 Å². The third-order valence-electron chi connectivity index (χ3n) is 3.82. The van der Waals surface area contributed by atoms with Crippen LogP contribution in [0.4, 0.5) is 0 Å². The Bertz CT molecular complexity index is 268. The van der Waals surface area contributed by atoms with Crippen LogP contribution >= 0.6 is 0 Å². The quantitative estimate of drug-likeness (QED) is 0.446.